The lowest BCUT2D eigenvalue weighted by molar-refractivity contribution is 0.286. The molecule has 1 aromatic rings. The Morgan fingerprint density at radius 3 is 3.06 bits per heavy atom. The summed E-state index contributed by atoms with van der Waals surface area (Å²) < 4.78 is 5.43. The number of aliphatic hydroxyl groups excluding tert-OH is 1. The molecule has 2 N–H and O–H groups in total. The summed E-state index contributed by atoms with van der Waals surface area (Å²) in [4.78, 5) is 2.35. The molecule has 1 fully saturated rings. The van der Waals surface area contributed by atoms with Crippen LogP contribution in [0, 0.1) is 6.92 Å². The van der Waals surface area contributed by atoms with E-state index in [2.05, 4.69) is 29.3 Å². The molecule has 0 aliphatic carbocycles. The maximum atomic E-state index is 8.83. The quantitative estimate of drug-likeness (QED) is 0.823. The number of rotatable bonds is 5. The van der Waals surface area contributed by atoms with Gasteiger partial charge in [0.25, 0.3) is 0 Å². The average molecular weight is 250 g/mol. The molecule has 1 heterocycles. The summed E-state index contributed by atoms with van der Waals surface area (Å²) in [7, 11) is 1.71. The number of benzene rings is 1. The maximum Gasteiger partial charge on any atom is 0.142 e. The van der Waals surface area contributed by atoms with E-state index in [0.717, 1.165) is 25.3 Å². The zero-order chi connectivity index (χ0) is 13.0. The van der Waals surface area contributed by atoms with Gasteiger partial charge in [-0.05, 0) is 31.0 Å². The van der Waals surface area contributed by atoms with Gasteiger partial charge in [0.15, 0.2) is 0 Å². The van der Waals surface area contributed by atoms with Gasteiger partial charge in [-0.3, -0.25) is 0 Å². The molecular formula is C14H22N2O2. The van der Waals surface area contributed by atoms with Crippen LogP contribution in [0.2, 0.25) is 0 Å². The predicted molar refractivity (Wildman–Crippen MR) is 73.4 cm³/mol. The minimum absolute atomic E-state index is 0.199. The number of hydrogen-bond donors (Lipinski definition) is 2. The number of nitrogens with one attached hydrogen (secondary N) is 1. The van der Waals surface area contributed by atoms with Crippen LogP contribution in [0.4, 0.5) is 5.69 Å². The monoisotopic (exact) mass is 250 g/mol. The number of hydrogen-bond acceptors (Lipinski definition) is 4. The van der Waals surface area contributed by atoms with Gasteiger partial charge in [0.05, 0.1) is 19.4 Å². The molecule has 4 heteroatoms. The minimum atomic E-state index is 0.199. The van der Waals surface area contributed by atoms with Crippen molar-refractivity contribution in [2.24, 2.45) is 0 Å². The van der Waals surface area contributed by atoms with Crippen LogP contribution in [0.15, 0.2) is 18.2 Å². The summed E-state index contributed by atoms with van der Waals surface area (Å²) >= 11 is 0. The molecule has 18 heavy (non-hydrogen) atoms. The zero-order valence-electron chi connectivity index (χ0n) is 11.1. The lowest BCUT2D eigenvalue weighted by Gasteiger charge is -2.22. The fraction of sp³-hybridized carbons (Fsp3) is 0.571. The van der Waals surface area contributed by atoms with Crippen molar-refractivity contribution >= 4 is 5.69 Å². The highest BCUT2D eigenvalue weighted by atomic mass is 16.5. The third-order valence-corrected chi connectivity index (χ3v) is 3.41. The zero-order valence-corrected chi connectivity index (χ0v) is 11.1. The fourth-order valence-corrected chi connectivity index (χ4v) is 2.46. The first-order valence-corrected chi connectivity index (χ1v) is 6.48. The standard InChI is InChI=1S/C14H22N2O2/c1-11-3-4-14(18-2)13(9-11)16-7-5-12(10-16)15-6-8-17/h3-4,9,12,15,17H,5-8,10H2,1-2H3. The number of aliphatic hydroxyl groups is 1. The molecule has 1 aromatic carbocycles. The third-order valence-electron chi connectivity index (χ3n) is 3.41. The maximum absolute atomic E-state index is 8.83. The predicted octanol–water partition coefficient (Wildman–Crippen LogP) is 1.16. The molecule has 2 rings (SSSR count). The van der Waals surface area contributed by atoms with E-state index in [0.29, 0.717) is 12.6 Å². The highest BCUT2D eigenvalue weighted by Gasteiger charge is 2.24. The Kier molecular flexibility index (Phi) is 4.44. The molecule has 0 saturated carbocycles. The van der Waals surface area contributed by atoms with Gasteiger partial charge in [0, 0.05) is 25.7 Å². The van der Waals surface area contributed by atoms with Crippen LogP contribution in [-0.2, 0) is 0 Å². The van der Waals surface area contributed by atoms with Crippen LogP contribution in [-0.4, -0.2) is 44.5 Å². The lowest BCUT2D eigenvalue weighted by Crippen LogP contribution is -2.34. The number of methoxy groups -OCH3 is 1. The van der Waals surface area contributed by atoms with Gasteiger partial charge < -0.3 is 20.1 Å². The van der Waals surface area contributed by atoms with Crippen molar-refractivity contribution < 1.29 is 9.84 Å². The Labute approximate surface area is 109 Å². The van der Waals surface area contributed by atoms with E-state index in [4.69, 9.17) is 9.84 Å². The van der Waals surface area contributed by atoms with E-state index in [-0.39, 0.29) is 6.61 Å². The van der Waals surface area contributed by atoms with E-state index >= 15 is 0 Å². The first-order valence-electron chi connectivity index (χ1n) is 6.48. The van der Waals surface area contributed by atoms with Gasteiger partial charge in [0.1, 0.15) is 5.75 Å². The summed E-state index contributed by atoms with van der Waals surface area (Å²) in [6, 6.07) is 6.73. The van der Waals surface area contributed by atoms with Crippen LogP contribution >= 0.6 is 0 Å². The summed E-state index contributed by atoms with van der Waals surface area (Å²) in [6.07, 6.45) is 1.11. The number of anilines is 1. The Balaban J connectivity index is 2.06. The Bertz CT molecular complexity index is 395. The van der Waals surface area contributed by atoms with Crippen molar-refractivity contribution in [3.63, 3.8) is 0 Å². The van der Waals surface area contributed by atoms with Crippen molar-refractivity contribution in [3.05, 3.63) is 23.8 Å². The third kappa shape index (κ3) is 2.94. The molecule has 100 valence electrons. The summed E-state index contributed by atoms with van der Waals surface area (Å²) in [5.41, 5.74) is 2.42. The second-order valence-corrected chi connectivity index (χ2v) is 4.78. The second kappa shape index (κ2) is 6.07. The van der Waals surface area contributed by atoms with Gasteiger partial charge in [-0.25, -0.2) is 0 Å². The molecule has 1 unspecified atom stereocenters. The first-order chi connectivity index (χ1) is 8.74. The Hall–Kier alpha value is -1.26. The number of aryl methyl sites for hydroxylation is 1. The average Bonchev–Trinajstić information content (AvgIpc) is 2.85. The summed E-state index contributed by atoms with van der Waals surface area (Å²) in [6.45, 7) is 4.97. The van der Waals surface area contributed by atoms with E-state index in [9.17, 15) is 0 Å². The van der Waals surface area contributed by atoms with Crippen LogP contribution in [0.1, 0.15) is 12.0 Å². The molecule has 1 atom stereocenters. The van der Waals surface area contributed by atoms with Crippen LogP contribution in [0.5, 0.6) is 5.75 Å². The topological polar surface area (TPSA) is 44.7 Å². The molecule has 1 aliphatic heterocycles. The summed E-state index contributed by atoms with van der Waals surface area (Å²) in [5.74, 6) is 0.934. The van der Waals surface area contributed by atoms with Gasteiger partial charge in [0.2, 0.25) is 0 Å². The van der Waals surface area contributed by atoms with E-state index in [1.54, 1.807) is 7.11 Å². The summed E-state index contributed by atoms with van der Waals surface area (Å²) in [5, 5.41) is 12.2. The van der Waals surface area contributed by atoms with E-state index in [1.807, 2.05) is 6.07 Å². The molecule has 1 aliphatic rings. The number of ether oxygens (including phenoxy) is 1. The van der Waals surface area contributed by atoms with E-state index < -0.39 is 0 Å². The fourth-order valence-electron chi connectivity index (χ4n) is 2.46. The second-order valence-electron chi connectivity index (χ2n) is 4.78. The highest BCUT2D eigenvalue weighted by molar-refractivity contribution is 5.60. The normalized spacial score (nSPS) is 19.3. The van der Waals surface area contributed by atoms with Gasteiger partial charge in [-0.15, -0.1) is 0 Å². The largest absolute Gasteiger partial charge is 0.495 e. The molecule has 0 aromatic heterocycles. The van der Waals surface area contributed by atoms with Crippen molar-refractivity contribution in [1.29, 1.82) is 0 Å². The van der Waals surface area contributed by atoms with Crippen molar-refractivity contribution in [2.75, 3.05) is 38.3 Å². The molecule has 0 amide bonds. The van der Waals surface area contributed by atoms with Gasteiger partial charge >= 0.3 is 0 Å². The van der Waals surface area contributed by atoms with Crippen molar-refractivity contribution in [3.8, 4) is 5.75 Å². The SMILES string of the molecule is COc1ccc(C)cc1N1CCC(NCCO)C1. The molecule has 1 saturated heterocycles. The van der Waals surface area contributed by atoms with Crippen molar-refractivity contribution in [2.45, 2.75) is 19.4 Å². The Morgan fingerprint density at radius 1 is 1.50 bits per heavy atom. The molecule has 0 radical (unpaired) electrons. The Morgan fingerprint density at radius 2 is 2.33 bits per heavy atom. The lowest BCUT2D eigenvalue weighted by atomic mass is 10.2. The van der Waals surface area contributed by atoms with Crippen LogP contribution in [0.25, 0.3) is 0 Å². The van der Waals surface area contributed by atoms with Crippen LogP contribution in [0.3, 0.4) is 0 Å². The van der Waals surface area contributed by atoms with Gasteiger partial charge in [-0.1, -0.05) is 6.07 Å². The smallest absolute Gasteiger partial charge is 0.142 e. The molecule has 0 spiro atoms. The number of nitrogens with zero attached hydrogens (tertiary/aromatic N) is 1. The molecule has 0 bridgehead atoms. The molecule has 4 nitrogen and oxygen atoms in total. The van der Waals surface area contributed by atoms with Gasteiger partial charge in [-0.2, -0.15) is 0 Å². The van der Waals surface area contributed by atoms with Crippen molar-refractivity contribution in [1.82, 2.24) is 5.32 Å². The van der Waals surface area contributed by atoms with E-state index in [1.165, 1.54) is 11.3 Å². The first kappa shape index (κ1) is 13.2. The van der Waals surface area contributed by atoms with Crippen LogP contribution < -0.4 is 15.0 Å². The molecular weight excluding hydrogens is 228 g/mol. The highest BCUT2D eigenvalue weighted by Crippen LogP contribution is 2.31. The minimum Gasteiger partial charge on any atom is -0.495 e.